The largest absolute Gasteiger partial charge is 0.279 e. The minimum absolute atomic E-state index is 0.0677. The van der Waals surface area contributed by atoms with Crippen LogP contribution in [0.3, 0.4) is 0 Å². The third-order valence-electron chi connectivity index (χ3n) is 2.74. The van der Waals surface area contributed by atoms with Crippen molar-refractivity contribution in [3.63, 3.8) is 0 Å². The van der Waals surface area contributed by atoms with Gasteiger partial charge in [0.2, 0.25) is 0 Å². The lowest BCUT2D eigenvalue weighted by molar-refractivity contribution is 0.268. The Hall–Kier alpha value is -0.260. The Morgan fingerprint density at radius 1 is 1.67 bits per heavy atom. The van der Waals surface area contributed by atoms with Gasteiger partial charge in [-0.15, -0.1) is 0 Å². The van der Waals surface area contributed by atoms with Crippen LogP contribution in [0.5, 0.6) is 0 Å². The van der Waals surface area contributed by atoms with Gasteiger partial charge >= 0.3 is 0 Å². The molecule has 0 radical (unpaired) electrons. The number of fused-ring (bicyclic) bond motifs is 2. The van der Waals surface area contributed by atoms with Crippen molar-refractivity contribution in [2.45, 2.75) is 25.7 Å². The van der Waals surface area contributed by atoms with Crippen LogP contribution in [0.2, 0.25) is 0 Å². The van der Waals surface area contributed by atoms with Crippen molar-refractivity contribution in [3.05, 3.63) is 25.7 Å². The molecule has 0 aliphatic heterocycles. The summed E-state index contributed by atoms with van der Waals surface area (Å²) in [7, 11) is 0. The van der Waals surface area contributed by atoms with E-state index in [-0.39, 0.29) is 5.41 Å². The van der Waals surface area contributed by atoms with Crippen LogP contribution in [0.25, 0.3) is 0 Å². The number of hydrogen-bond donors (Lipinski definition) is 0. The third-order valence-corrected chi connectivity index (χ3v) is 2.74. The fourth-order valence-electron chi connectivity index (χ4n) is 1.91. The molecule has 0 aromatic rings. The first kappa shape index (κ1) is 5.52. The molecule has 3 saturated carbocycles. The Bertz CT molecular complexity index is 108. The zero-order valence-corrected chi connectivity index (χ0v) is 5.74. The highest BCUT2D eigenvalue weighted by Gasteiger charge is 2.49. The Morgan fingerprint density at radius 2 is 2.44 bits per heavy atom. The van der Waals surface area contributed by atoms with E-state index in [1.807, 2.05) is 0 Å². The molecule has 0 spiro atoms. The molecule has 48 valence electrons. The van der Waals surface area contributed by atoms with Crippen molar-refractivity contribution < 1.29 is 0 Å². The van der Waals surface area contributed by atoms with Crippen molar-refractivity contribution in [3.8, 4) is 0 Å². The van der Waals surface area contributed by atoms with Gasteiger partial charge in [-0.25, -0.2) is 5.92 Å². The number of rotatable bonds is 0. The van der Waals surface area contributed by atoms with E-state index in [1.54, 1.807) is 11.8 Å². The molecule has 0 unspecified atom stereocenters. The molecule has 0 heteroatoms. The first-order valence-corrected chi connectivity index (χ1v) is 3.62. The van der Waals surface area contributed by atoms with Gasteiger partial charge in [0.15, 0.2) is 0 Å². The Balaban J connectivity index is 2.13. The van der Waals surface area contributed by atoms with Crippen molar-refractivity contribution in [2.24, 2.45) is 5.41 Å². The first-order valence-electron chi connectivity index (χ1n) is 3.62. The summed E-state index contributed by atoms with van der Waals surface area (Å²) >= 11 is 0. The standard InChI is InChI=1S/C9H12/c1-9(2)7-4-3-5-8(9)6-7/h1-6H2. The van der Waals surface area contributed by atoms with Gasteiger partial charge in [-0.1, -0.05) is 0 Å². The Labute approximate surface area is 57.6 Å². The van der Waals surface area contributed by atoms with Crippen molar-refractivity contribution >= 4 is 0 Å². The van der Waals surface area contributed by atoms with Gasteiger partial charge in [0.25, 0.3) is 0 Å². The van der Waals surface area contributed by atoms with E-state index >= 15 is 0 Å². The molecule has 2 bridgehead atoms. The van der Waals surface area contributed by atoms with Crippen LogP contribution in [-0.4, -0.2) is 0 Å². The van der Waals surface area contributed by atoms with E-state index in [4.69, 9.17) is 0 Å². The molecule has 9 heavy (non-hydrogen) atoms. The average molecular weight is 120 g/mol. The molecule has 0 aromatic carbocycles. The molecule has 0 heterocycles. The topological polar surface area (TPSA) is 0 Å². The lowest BCUT2D eigenvalue weighted by atomic mass is 9.49. The van der Waals surface area contributed by atoms with Crippen LogP contribution in [0.1, 0.15) is 25.7 Å². The highest BCUT2D eigenvalue weighted by Crippen LogP contribution is 2.61. The number of hydrogen-bond acceptors (Lipinski definition) is 0. The minimum Gasteiger partial charge on any atom is -0.279 e. The van der Waals surface area contributed by atoms with Gasteiger partial charge in [0, 0.05) is 18.3 Å². The van der Waals surface area contributed by atoms with E-state index in [2.05, 4.69) is 13.8 Å². The van der Waals surface area contributed by atoms with Crippen LogP contribution >= 0.6 is 0 Å². The molecule has 3 aliphatic rings. The van der Waals surface area contributed by atoms with Gasteiger partial charge in [0.05, 0.1) is 6.42 Å². The second kappa shape index (κ2) is 1.42. The van der Waals surface area contributed by atoms with E-state index in [0.717, 1.165) is 0 Å². The maximum absolute atomic E-state index is 4.08. The summed E-state index contributed by atoms with van der Waals surface area (Å²) in [4.78, 5) is 0. The lowest BCUT2D eigenvalue weighted by Crippen LogP contribution is -2.45. The molecule has 0 N–H and O–H groups in total. The second-order valence-electron chi connectivity index (χ2n) is 3.32. The van der Waals surface area contributed by atoms with Gasteiger partial charge < -0.3 is 0 Å². The van der Waals surface area contributed by atoms with Gasteiger partial charge in [0.1, 0.15) is 0 Å². The maximum atomic E-state index is 4.08. The monoisotopic (exact) mass is 120 g/mol. The predicted molar refractivity (Wildman–Crippen MR) is 38.1 cm³/mol. The molecule has 3 fully saturated rings. The van der Waals surface area contributed by atoms with Crippen molar-refractivity contribution in [2.75, 3.05) is 0 Å². The quantitative estimate of drug-likeness (QED) is 0.430. The van der Waals surface area contributed by atoms with E-state index < -0.39 is 0 Å². The Kier molecular flexibility index (Phi) is 0.870. The highest BCUT2D eigenvalue weighted by molar-refractivity contribution is 5.39. The summed E-state index contributed by atoms with van der Waals surface area (Å²) in [5.41, 5.74) is 0.0677. The molecule has 3 aliphatic carbocycles. The van der Waals surface area contributed by atoms with Gasteiger partial charge in [-0.2, -0.15) is 6.42 Å². The van der Waals surface area contributed by atoms with Crippen LogP contribution in [0.4, 0.5) is 0 Å². The SMILES string of the molecule is [CH2+]C1([CH2-])[C+]2CCC[C-]1C2. The molecule has 0 amide bonds. The lowest BCUT2D eigenvalue weighted by Gasteiger charge is -2.57. The summed E-state index contributed by atoms with van der Waals surface area (Å²) < 4.78 is 0. The predicted octanol–water partition coefficient (Wildman–Crippen LogP) is 2.38. The molecule has 0 saturated heterocycles. The fraction of sp³-hybridized carbons (Fsp3) is 0.556. The fourth-order valence-corrected chi connectivity index (χ4v) is 1.91. The first-order chi connectivity index (χ1) is 4.21. The summed E-state index contributed by atoms with van der Waals surface area (Å²) in [5.74, 6) is 3.17. The van der Waals surface area contributed by atoms with Gasteiger partial charge in [-0.05, 0) is 12.8 Å². The zero-order valence-electron chi connectivity index (χ0n) is 5.74. The summed E-state index contributed by atoms with van der Waals surface area (Å²) in [6.07, 6.45) is 5.19. The van der Waals surface area contributed by atoms with E-state index in [1.165, 1.54) is 25.7 Å². The maximum Gasteiger partial charge on any atom is 0.0839 e. The molecular weight excluding hydrogens is 108 g/mol. The molecule has 0 aromatic heterocycles. The minimum atomic E-state index is 0.0677. The average Bonchev–Trinajstić information content (AvgIpc) is 1.89. The Morgan fingerprint density at radius 3 is 2.67 bits per heavy atom. The normalized spacial score (nSPS) is 42.6. The summed E-state index contributed by atoms with van der Waals surface area (Å²) in [5, 5.41) is 0. The summed E-state index contributed by atoms with van der Waals surface area (Å²) in [6.45, 7) is 8.15. The van der Waals surface area contributed by atoms with Crippen LogP contribution in [0.15, 0.2) is 0 Å². The van der Waals surface area contributed by atoms with E-state index in [9.17, 15) is 0 Å². The van der Waals surface area contributed by atoms with Gasteiger partial charge in [-0.3, -0.25) is 6.92 Å². The highest BCUT2D eigenvalue weighted by atomic mass is 14.5. The molecular formula is C9H12. The van der Waals surface area contributed by atoms with Crippen LogP contribution in [0, 0.1) is 31.1 Å². The molecule has 0 nitrogen and oxygen atoms in total. The van der Waals surface area contributed by atoms with Crippen LogP contribution < -0.4 is 0 Å². The zero-order chi connectivity index (χ0) is 6.48. The molecule has 0 atom stereocenters. The smallest absolute Gasteiger partial charge is 0.0839 e. The van der Waals surface area contributed by atoms with Crippen molar-refractivity contribution in [1.29, 1.82) is 0 Å². The third kappa shape index (κ3) is 0.540. The summed E-state index contributed by atoms with van der Waals surface area (Å²) in [6, 6.07) is 0. The van der Waals surface area contributed by atoms with E-state index in [0.29, 0.717) is 0 Å². The van der Waals surface area contributed by atoms with Crippen molar-refractivity contribution in [1.82, 2.24) is 0 Å². The second-order valence-corrected chi connectivity index (χ2v) is 3.32. The molecule has 3 rings (SSSR count). The van der Waals surface area contributed by atoms with Crippen LogP contribution in [-0.2, 0) is 0 Å².